The quantitative estimate of drug-likeness (QED) is 0.286. The van der Waals surface area contributed by atoms with E-state index < -0.39 is 0 Å². The number of benzene rings is 2. The molecule has 1 atom stereocenters. The second-order valence-corrected chi connectivity index (χ2v) is 10.5. The zero-order valence-corrected chi connectivity index (χ0v) is 23.0. The third-order valence-corrected chi connectivity index (χ3v) is 7.70. The lowest BCUT2D eigenvalue weighted by molar-refractivity contribution is 0.772. The van der Waals surface area contributed by atoms with Gasteiger partial charge in [0.15, 0.2) is 0 Å². The number of nitrogens with one attached hydrogen (secondary N) is 1. The number of rotatable bonds is 6. The summed E-state index contributed by atoms with van der Waals surface area (Å²) in [4.78, 5) is 40.7. The normalized spacial score (nSPS) is 12.0. The topological polar surface area (TPSA) is 94.7 Å². The van der Waals surface area contributed by atoms with E-state index in [4.69, 9.17) is 4.98 Å². The molecule has 0 saturated heterocycles. The standard InChI is InChI=1S/C31H26N6O2S/c1-19(34-30-25(15-33-20(2)35-30)27-16-32-18-40-27)26-14-21-8-7-11-24(22-12-13-28(38)36(3)17-22)29(21)31(39)37(26)23-9-5-4-6-10-23/h4-19H,1-3H3,(H,33,34,35)/t19-/m0/s1. The maximum absolute atomic E-state index is 14.4. The fourth-order valence-electron chi connectivity index (χ4n) is 4.93. The molecule has 6 aromatic rings. The van der Waals surface area contributed by atoms with Gasteiger partial charge in [0, 0.05) is 43.1 Å². The van der Waals surface area contributed by atoms with E-state index >= 15 is 0 Å². The number of fused-ring (bicyclic) bond motifs is 1. The fourth-order valence-corrected chi connectivity index (χ4v) is 5.56. The van der Waals surface area contributed by atoms with Gasteiger partial charge in [0.2, 0.25) is 5.56 Å². The predicted octanol–water partition coefficient (Wildman–Crippen LogP) is 5.75. The molecule has 0 radical (unpaired) electrons. The van der Waals surface area contributed by atoms with E-state index in [0.717, 1.165) is 38.3 Å². The molecule has 0 aliphatic rings. The Hall–Kier alpha value is -4.89. The van der Waals surface area contributed by atoms with E-state index in [1.165, 1.54) is 22.0 Å². The summed E-state index contributed by atoms with van der Waals surface area (Å²) in [6, 6.07) is 20.5. The van der Waals surface area contributed by atoms with Crippen LogP contribution in [0.2, 0.25) is 0 Å². The Morgan fingerprint density at radius 1 is 0.950 bits per heavy atom. The highest BCUT2D eigenvalue weighted by atomic mass is 32.1. The Balaban J connectivity index is 1.56. The Morgan fingerprint density at radius 2 is 1.77 bits per heavy atom. The molecule has 0 bridgehead atoms. The first kappa shape index (κ1) is 25.4. The Labute approximate surface area is 234 Å². The Morgan fingerprint density at radius 3 is 2.52 bits per heavy atom. The lowest BCUT2D eigenvalue weighted by atomic mass is 9.98. The molecule has 0 unspecified atom stereocenters. The largest absolute Gasteiger partial charge is 0.361 e. The molecular formula is C31H26N6O2S. The van der Waals surface area contributed by atoms with Crippen LogP contribution < -0.4 is 16.4 Å². The predicted molar refractivity (Wildman–Crippen MR) is 160 cm³/mol. The number of aryl methyl sites for hydroxylation is 2. The summed E-state index contributed by atoms with van der Waals surface area (Å²) in [5, 5.41) is 4.95. The first-order valence-electron chi connectivity index (χ1n) is 12.8. The Kier molecular flexibility index (Phi) is 6.57. The molecule has 40 heavy (non-hydrogen) atoms. The first-order valence-corrected chi connectivity index (χ1v) is 13.7. The highest BCUT2D eigenvalue weighted by molar-refractivity contribution is 7.13. The van der Waals surface area contributed by atoms with Crippen LogP contribution in [-0.2, 0) is 7.05 Å². The smallest absolute Gasteiger partial charge is 0.263 e. The average Bonchev–Trinajstić information content (AvgIpc) is 3.49. The molecule has 0 aliphatic carbocycles. The third-order valence-electron chi connectivity index (χ3n) is 6.89. The first-order chi connectivity index (χ1) is 19.4. The van der Waals surface area contributed by atoms with Crippen molar-refractivity contribution >= 4 is 27.9 Å². The van der Waals surface area contributed by atoms with Crippen molar-refractivity contribution in [2.24, 2.45) is 7.05 Å². The van der Waals surface area contributed by atoms with Crippen molar-refractivity contribution in [1.29, 1.82) is 0 Å². The number of hydrogen-bond acceptors (Lipinski definition) is 7. The van der Waals surface area contributed by atoms with Gasteiger partial charge < -0.3 is 9.88 Å². The number of para-hydroxylation sites is 1. The van der Waals surface area contributed by atoms with Crippen LogP contribution in [0.25, 0.3) is 38.0 Å². The average molecular weight is 547 g/mol. The van der Waals surface area contributed by atoms with E-state index in [1.807, 2.05) is 68.4 Å². The minimum Gasteiger partial charge on any atom is -0.361 e. The molecule has 0 fully saturated rings. The van der Waals surface area contributed by atoms with Gasteiger partial charge in [-0.3, -0.25) is 19.1 Å². The summed E-state index contributed by atoms with van der Waals surface area (Å²) in [7, 11) is 1.71. The van der Waals surface area contributed by atoms with Crippen molar-refractivity contribution in [2.45, 2.75) is 19.9 Å². The number of aromatic nitrogens is 5. The zero-order valence-electron chi connectivity index (χ0n) is 22.2. The summed E-state index contributed by atoms with van der Waals surface area (Å²) in [5.74, 6) is 1.32. The summed E-state index contributed by atoms with van der Waals surface area (Å²) in [6.07, 6.45) is 5.36. The summed E-state index contributed by atoms with van der Waals surface area (Å²) in [6.45, 7) is 3.87. The molecule has 0 saturated carbocycles. The van der Waals surface area contributed by atoms with Gasteiger partial charge in [-0.2, -0.15) is 0 Å². The summed E-state index contributed by atoms with van der Waals surface area (Å²) >= 11 is 1.52. The number of anilines is 1. The molecule has 9 heteroatoms. The van der Waals surface area contributed by atoms with Crippen LogP contribution in [-0.4, -0.2) is 24.1 Å². The van der Waals surface area contributed by atoms with Crippen LogP contribution in [0.5, 0.6) is 0 Å². The maximum atomic E-state index is 14.4. The van der Waals surface area contributed by atoms with E-state index in [1.54, 1.807) is 41.8 Å². The number of pyridine rings is 2. The Bertz CT molecular complexity index is 1960. The van der Waals surface area contributed by atoms with E-state index in [9.17, 15) is 9.59 Å². The number of thiazole rings is 1. The van der Waals surface area contributed by atoms with Crippen molar-refractivity contribution in [3.63, 3.8) is 0 Å². The molecule has 0 aliphatic heterocycles. The van der Waals surface area contributed by atoms with Crippen molar-refractivity contribution in [3.8, 4) is 27.3 Å². The van der Waals surface area contributed by atoms with Crippen LogP contribution in [0.15, 0.2) is 100 Å². The van der Waals surface area contributed by atoms with Gasteiger partial charge >= 0.3 is 0 Å². The van der Waals surface area contributed by atoms with Crippen LogP contribution in [0.3, 0.4) is 0 Å². The van der Waals surface area contributed by atoms with Gasteiger partial charge in [-0.1, -0.05) is 36.4 Å². The number of nitrogens with zero attached hydrogens (tertiary/aromatic N) is 5. The van der Waals surface area contributed by atoms with E-state index in [-0.39, 0.29) is 17.2 Å². The monoisotopic (exact) mass is 546 g/mol. The molecule has 0 amide bonds. The molecule has 198 valence electrons. The second-order valence-electron chi connectivity index (χ2n) is 9.59. The third kappa shape index (κ3) is 4.60. The molecule has 8 nitrogen and oxygen atoms in total. The minimum atomic E-state index is -0.292. The SMILES string of the molecule is Cc1ncc(-c2cncs2)c(N[C@@H](C)c2cc3cccc(-c4ccc(=O)n(C)c4)c3c(=O)n2-c2ccccc2)n1. The van der Waals surface area contributed by atoms with Gasteiger partial charge in [-0.25, -0.2) is 9.97 Å². The lowest BCUT2D eigenvalue weighted by Crippen LogP contribution is -2.26. The van der Waals surface area contributed by atoms with E-state index in [2.05, 4.69) is 15.3 Å². The highest BCUT2D eigenvalue weighted by Gasteiger charge is 2.21. The van der Waals surface area contributed by atoms with E-state index in [0.29, 0.717) is 17.0 Å². The lowest BCUT2D eigenvalue weighted by Gasteiger charge is -2.23. The summed E-state index contributed by atoms with van der Waals surface area (Å²) < 4.78 is 3.28. The molecule has 4 aromatic heterocycles. The maximum Gasteiger partial charge on any atom is 0.263 e. The van der Waals surface area contributed by atoms with Gasteiger partial charge in [-0.05, 0) is 54.6 Å². The van der Waals surface area contributed by atoms with Gasteiger partial charge in [0.25, 0.3) is 5.56 Å². The van der Waals surface area contributed by atoms with Gasteiger partial charge in [0.1, 0.15) is 11.6 Å². The fraction of sp³-hybridized carbons (Fsp3) is 0.129. The van der Waals surface area contributed by atoms with Crippen molar-refractivity contribution < 1.29 is 0 Å². The second kappa shape index (κ2) is 10.3. The van der Waals surface area contributed by atoms with Crippen molar-refractivity contribution in [1.82, 2.24) is 24.1 Å². The van der Waals surface area contributed by atoms with Gasteiger partial charge in [0.05, 0.1) is 27.4 Å². The van der Waals surface area contributed by atoms with Crippen LogP contribution in [0, 0.1) is 6.92 Å². The summed E-state index contributed by atoms with van der Waals surface area (Å²) in [5.41, 5.74) is 5.50. The van der Waals surface area contributed by atoms with Crippen LogP contribution in [0.4, 0.5) is 5.82 Å². The van der Waals surface area contributed by atoms with Crippen LogP contribution in [0.1, 0.15) is 24.5 Å². The molecule has 2 aromatic carbocycles. The van der Waals surface area contributed by atoms with Gasteiger partial charge in [-0.15, -0.1) is 11.3 Å². The van der Waals surface area contributed by atoms with Crippen LogP contribution >= 0.6 is 11.3 Å². The molecular weight excluding hydrogens is 520 g/mol. The number of hydrogen-bond donors (Lipinski definition) is 1. The molecule has 1 N–H and O–H groups in total. The highest BCUT2D eigenvalue weighted by Crippen LogP contribution is 2.33. The zero-order chi connectivity index (χ0) is 27.8. The molecule has 4 heterocycles. The van der Waals surface area contributed by atoms with Crippen molar-refractivity contribution in [3.05, 3.63) is 123 Å². The molecule has 6 rings (SSSR count). The molecule has 0 spiro atoms. The van der Waals surface area contributed by atoms with Crippen molar-refractivity contribution in [2.75, 3.05) is 5.32 Å². The minimum absolute atomic E-state index is 0.106.